The van der Waals surface area contributed by atoms with Gasteiger partial charge in [0.15, 0.2) is 5.65 Å². The third-order valence-corrected chi connectivity index (χ3v) is 7.17. The van der Waals surface area contributed by atoms with Crippen LogP contribution in [0.4, 0.5) is 5.95 Å². The summed E-state index contributed by atoms with van der Waals surface area (Å²) >= 11 is 0. The Kier molecular flexibility index (Phi) is 3.69. The molecule has 8 nitrogen and oxygen atoms in total. The molecule has 4 aliphatic carbocycles. The van der Waals surface area contributed by atoms with Crippen molar-refractivity contribution < 1.29 is 4.74 Å². The molecule has 1 N–H and O–H groups in total. The summed E-state index contributed by atoms with van der Waals surface area (Å²) in [6.45, 7) is 4.05. The number of nitrogens with zero attached hydrogens (tertiary/aromatic N) is 6. The number of aryl methyl sites for hydroxylation is 3. The van der Waals surface area contributed by atoms with Crippen LogP contribution in [0.25, 0.3) is 11.0 Å². The Balaban J connectivity index is 1.33. The first-order chi connectivity index (χ1) is 15.3. The zero-order chi connectivity index (χ0) is 22.3. The molecule has 2 heterocycles. The highest BCUT2D eigenvalue weighted by Gasteiger charge is 2.69. The van der Waals surface area contributed by atoms with Crippen LogP contribution in [0.15, 0.2) is 18.3 Å². The number of rotatable bonds is 5. The van der Waals surface area contributed by atoms with Crippen molar-refractivity contribution in [2.24, 2.45) is 18.4 Å². The monoisotopic (exact) mass is 425 g/mol. The average Bonchev–Trinajstić information content (AvgIpc) is 3.39. The summed E-state index contributed by atoms with van der Waals surface area (Å²) in [5.41, 5.74) is 3.58. The van der Waals surface area contributed by atoms with Crippen LogP contribution >= 0.6 is 0 Å². The van der Waals surface area contributed by atoms with Crippen molar-refractivity contribution in [2.45, 2.75) is 51.0 Å². The molecule has 2 aromatic heterocycles. The molecule has 2 bridgehead atoms. The molecular formula is C24H23N7O. The highest BCUT2D eigenvalue weighted by Crippen LogP contribution is 2.67. The number of hydrogen-bond donors (Lipinski definition) is 1. The molecule has 3 aromatic rings. The second-order valence-electron chi connectivity index (χ2n) is 9.88. The second-order valence-corrected chi connectivity index (χ2v) is 9.88. The highest BCUT2D eigenvalue weighted by molar-refractivity contribution is 5.81. The number of benzene rings is 1. The smallest absolute Gasteiger partial charge is 0.235 e. The summed E-state index contributed by atoms with van der Waals surface area (Å²) < 4.78 is 8.08. The standard InChI is InChI=1S/C24H23N7O/c1-13-4-15(17-6-16(17)7-25)5-14(2)19(13)32-21-18-8-31(3)30-20(18)27-22(28-21)29-24-9-23(10-24,11-24)12-26/h4-5,8,16-17H,6,9-11H2,1-3H3,(H,27,29,30)/t16-,17-,23?,24?/m1/s1. The van der Waals surface area contributed by atoms with Gasteiger partial charge in [0.2, 0.25) is 11.8 Å². The van der Waals surface area contributed by atoms with Crippen LogP contribution in [-0.2, 0) is 7.05 Å². The predicted molar refractivity (Wildman–Crippen MR) is 117 cm³/mol. The Bertz CT molecular complexity index is 1330. The number of hydrogen-bond acceptors (Lipinski definition) is 7. The third-order valence-electron chi connectivity index (χ3n) is 7.17. The number of aromatic nitrogens is 4. The second kappa shape index (κ2) is 6.20. The number of ether oxygens (including phenoxy) is 1. The van der Waals surface area contributed by atoms with Gasteiger partial charge in [-0.15, -0.1) is 0 Å². The number of anilines is 1. The molecule has 0 saturated heterocycles. The zero-order valence-electron chi connectivity index (χ0n) is 18.3. The van der Waals surface area contributed by atoms with Crippen molar-refractivity contribution in [3.05, 3.63) is 35.0 Å². The van der Waals surface area contributed by atoms with Crippen LogP contribution < -0.4 is 10.1 Å². The largest absolute Gasteiger partial charge is 0.437 e. The molecule has 2 atom stereocenters. The minimum absolute atomic E-state index is 0.0789. The molecule has 7 rings (SSSR count). The van der Waals surface area contributed by atoms with Gasteiger partial charge in [-0.1, -0.05) is 12.1 Å². The SMILES string of the molecule is Cc1cc([C@H]2C[C@@H]2C#N)cc(C)c1Oc1nc(NC23CC(C#N)(C2)C3)nc2nn(C)cc12. The Labute approximate surface area is 185 Å². The molecular weight excluding hydrogens is 402 g/mol. The molecule has 0 unspecified atom stereocenters. The topological polar surface area (TPSA) is 112 Å². The van der Waals surface area contributed by atoms with Crippen LogP contribution in [0.5, 0.6) is 11.6 Å². The van der Waals surface area contributed by atoms with Crippen LogP contribution in [-0.4, -0.2) is 25.3 Å². The molecule has 0 radical (unpaired) electrons. The van der Waals surface area contributed by atoms with E-state index in [-0.39, 0.29) is 16.9 Å². The van der Waals surface area contributed by atoms with Gasteiger partial charge in [-0.3, -0.25) is 4.68 Å². The first-order valence-corrected chi connectivity index (χ1v) is 10.9. The van der Waals surface area contributed by atoms with Gasteiger partial charge in [0.25, 0.3) is 0 Å². The molecule has 160 valence electrons. The van der Waals surface area contributed by atoms with Crippen molar-refractivity contribution in [3.8, 4) is 23.8 Å². The van der Waals surface area contributed by atoms with Crippen LogP contribution in [0.1, 0.15) is 48.3 Å². The zero-order valence-corrected chi connectivity index (χ0v) is 18.3. The molecule has 4 fully saturated rings. The van der Waals surface area contributed by atoms with E-state index in [0.29, 0.717) is 23.4 Å². The highest BCUT2D eigenvalue weighted by atomic mass is 16.5. The quantitative estimate of drug-likeness (QED) is 0.650. The fraction of sp³-hybridized carbons (Fsp3) is 0.458. The lowest BCUT2D eigenvalue weighted by Gasteiger charge is -2.66. The van der Waals surface area contributed by atoms with E-state index in [1.165, 1.54) is 5.56 Å². The van der Waals surface area contributed by atoms with E-state index in [2.05, 4.69) is 39.7 Å². The fourth-order valence-corrected chi connectivity index (χ4v) is 5.56. The van der Waals surface area contributed by atoms with Crippen LogP contribution in [0.2, 0.25) is 0 Å². The average molecular weight is 425 g/mol. The van der Waals surface area contributed by atoms with E-state index in [9.17, 15) is 5.26 Å². The Morgan fingerprint density at radius 2 is 1.88 bits per heavy atom. The van der Waals surface area contributed by atoms with Gasteiger partial charge in [-0.25, -0.2) is 0 Å². The summed E-state index contributed by atoms with van der Waals surface area (Å²) in [5.74, 6) is 2.18. The lowest BCUT2D eigenvalue weighted by molar-refractivity contribution is -0.0665. The van der Waals surface area contributed by atoms with Gasteiger partial charge < -0.3 is 10.1 Å². The molecule has 8 heteroatoms. The van der Waals surface area contributed by atoms with Crippen molar-refractivity contribution in [3.63, 3.8) is 0 Å². The maximum absolute atomic E-state index is 9.30. The number of nitrogens with one attached hydrogen (secondary N) is 1. The molecule has 4 saturated carbocycles. The fourth-order valence-electron chi connectivity index (χ4n) is 5.56. The van der Waals surface area contributed by atoms with Crippen molar-refractivity contribution >= 4 is 17.0 Å². The first-order valence-electron chi connectivity index (χ1n) is 10.9. The Hall–Kier alpha value is -3.65. The minimum Gasteiger partial charge on any atom is -0.437 e. The Morgan fingerprint density at radius 3 is 2.50 bits per heavy atom. The van der Waals surface area contributed by atoms with Crippen molar-refractivity contribution in [2.75, 3.05) is 5.32 Å². The molecule has 1 aromatic carbocycles. The number of nitriles is 2. The van der Waals surface area contributed by atoms with E-state index in [4.69, 9.17) is 15.0 Å². The summed E-state index contributed by atoms with van der Waals surface area (Å²) in [6.07, 6.45) is 5.30. The lowest BCUT2D eigenvalue weighted by atomic mass is 9.40. The van der Waals surface area contributed by atoms with Gasteiger partial charge in [0, 0.05) is 24.7 Å². The molecule has 32 heavy (non-hydrogen) atoms. The van der Waals surface area contributed by atoms with Crippen LogP contribution in [0.3, 0.4) is 0 Å². The number of fused-ring (bicyclic) bond motifs is 1. The molecule has 0 aliphatic heterocycles. The maximum atomic E-state index is 9.30. The van der Waals surface area contributed by atoms with E-state index < -0.39 is 0 Å². The van der Waals surface area contributed by atoms with E-state index in [1.54, 1.807) is 4.68 Å². The first kappa shape index (κ1) is 19.1. The van der Waals surface area contributed by atoms with Crippen molar-refractivity contribution in [1.82, 2.24) is 19.7 Å². The van der Waals surface area contributed by atoms with Gasteiger partial charge in [-0.05, 0) is 56.2 Å². The van der Waals surface area contributed by atoms with E-state index in [0.717, 1.165) is 47.9 Å². The summed E-state index contributed by atoms with van der Waals surface area (Å²) in [5, 5.41) is 27.1. The predicted octanol–water partition coefficient (Wildman–Crippen LogP) is 4.26. The van der Waals surface area contributed by atoms with Gasteiger partial charge in [0.05, 0.1) is 23.5 Å². The van der Waals surface area contributed by atoms with Crippen molar-refractivity contribution in [1.29, 1.82) is 10.5 Å². The van der Waals surface area contributed by atoms with Gasteiger partial charge in [-0.2, -0.15) is 25.6 Å². The Morgan fingerprint density at radius 1 is 1.16 bits per heavy atom. The van der Waals surface area contributed by atoms with Crippen LogP contribution in [0, 0.1) is 47.8 Å². The summed E-state index contributed by atoms with van der Waals surface area (Å²) in [6, 6.07) is 9.03. The lowest BCUT2D eigenvalue weighted by Crippen LogP contribution is -2.70. The molecule has 4 aliphatic rings. The van der Waals surface area contributed by atoms with Gasteiger partial charge in [0.1, 0.15) is 11.1 Å². The maximum Gasteiger partial charge on any atom is 0.235 e. The summed E-state index contributed by atoms with van der Waals surface area (Å²) in [7, 11) is 1.85. The molecule has 0 amide bonds. The van der Waals surface area contributed by atoms with E-state index >= 15 is 0 Å². The third kappa shape index (κ3) is 2.76. The normalized spacial score (nSPS) is 29.4. The van der Waals surface area contributed by atoms with E-state index in [1.807, 2.05) is 27.1 Å². The minimum atomic E-state index is -0.149. The molecule has 0 spiro atoms. The summed E-state index contributed by atoms with van der Waals surface area (Å²) in [4.78, 5) is 9.30. The van der Waals surface area contributed by atoms with Gasteiger partial charge >= 0.3 is 0 Å².